The summed E-state index contributed by atoms with van der Waals surface area (Å²) in [6, 6.07) is 0.310. The Morgan fingerprint density at radius 1 is 1.33 bits per heavy atom. The first-order valence-corrected chi connectivity index (χ1v) is 9.99. The van der Waals surface area contributed by atoms with Crippen molar-refractivity contribution in [3.63, 3.8) is 0 Å². The van der Waals surface area contributed by atoms with Gasteiger partial charge in [-0.25, -0.2) is 0 Å². The molecule has 1 aliphatic heterocycles. The molecule has 1 N–H and O–H groups in total. The molecule has 2 heterocycles. The van der Waals surface area contributed by atoms with E-state index < -0.39 is 0 Å². The number of rotatable bonds is 4. The molecule has 1 saturated heterocycles. The lowest BCUT2D eigenvalue weighted by Crippen LogP contribution is -2.39. The molecule has 3 aliphatic rings. The van der Waals surface area contributed by atoms with Gasteiger partial charge in [0.25, 0.3) is 0 Å². The Balaban J connectivity index is 1.35. The molecular formula is C18H28N4OS. The summed E-state index contributed by atoms with van der Waals surface area (Å²) in [4.78, 5) is 15.0. The van der Waals surface area contributed by atoms with E-state index in [4.69, 9.17) is 0 Å². The number of amides is 1. The van der Waals surface area contributed by atoms with Crippen LogP contribution < -0.4 is 5.32 Å². The first-order valence-electron chi connectivity index (χ1n) is 9.17. The molecule has 3 fully saturated rings. The molecule has 0 bridgehead atoms. The molecule has 24 heavy (non-hydrogen) atoms. The topological polar surface area (TPSA) is 58.1 Å². The quantitative estimate of drug-likeness (QED) is 0.909. The zero-order valence-corrected chi connectivity index (χ0v) is 15.8. The third kappa shape index (κ3) is 3.49. The van der Waals surface area contributed by atoms with Crippen LogP contribution >= 0.6 is 11.3 Å². The third-order valence-corrected chi connectivity index (χ3v) is 6.74. The monoisotopic (exact) mass is 348 g/mol. The van der Waals surface area contributed by atoms with Crippen molar-refractivity contribution in [3.8, 4) is 0 Å². The van der Waals surface area contributed by atoms with Gasteiger partial charge in [-0.15, -0.1) is 21.5 Å². The second-order valence-electron chi connectivity index (χ2n) is 8.91. The van der Waals surface area contributed by atoms with Crippen molar-refractivity contribution in [2.45, 2.75) is 65.5 Å². The van der Waals surface area contributed by atoms with Gasteiger partial charge in [0, 0.05) is 25.0 Å². The van der Waals surface area contributed by atoms with Gasteiger partial charge in [-0.2, -0.15) is 0 Å². The summed E-state index contributed by atoms with van der Waals surface area (Å²) in [6.45, 7) is 9.57. The number of hydrogen-bond acceptors (Lipinski definition) is 5. The lowest BCUT2D eigenvalue weighted by Gasteiger charge is -2.30. The second-order valence-corrected chi connectivity index (χ2v) is 10.2. The summed E-state index contributed by atoms with van der Waals surface area (Å²) in [6.07, 6.45) is 5.78. The minimum Gasteiger partial charge on any atom is -0.353 e. The third-order valence-electron chi connectivity index (χ3n) is 5.92. The maximum Gasteiger partial charge on any atom is 0.223 e. The molecule has 1 spiro atoms. The fourth-order valence-corrected chi connectivity index (χ4v) is 5.19. The van der Waals surface area contributed by atoms with Crippen LogP contribution in [0.5, 0.6) is 0 Å². The molecule has 132 valence electrons. The lowest BCUT2D eigenvalue weighted by molar-refractivity contribution is -0.123. The van der Waals surface area contributed by atoms with E-state index in [0.29, 0.717) is 23.3 Å². The van der Waals surface area contributed by atoms with Gasteiger partial charge in [0.15, 0.2) is 0 Å². The molecule has 1 aromatic rings. The van der Waals surface area contributed by atoms with Crippen LogP contribution in [0, 0.1) is 23.7 Å². The number of carbonyl (C=O) groups excluding carboxylic acids is 1. The Morgan fingerprint density at radius 3 is 2.75 bits per heavy atom. The zero-order chi connectivity index (χ0) is 16.9. The van der Waals surface area contributed by atoms with Gasteiger partial charge >= 0.3 is 0 Å². The summed E-state index contributed by atoms with van der Waals surface area (Å²) in [5.41, 5.74) is 0.654. The zero-order valence-electron chi connectivity index (χ0n) is 15.0. The maximum absolute atomic E-state index is 12.5. The molecule has 0 aromatic carbocycles. The highest BCUT2D eigenvalue weighted by Gasteiger charge is 2.65. The van der Waals surface area contributed by atoms with Gasteiger partial charge in [0.1, 0.15) is 10.0 Å². The van der Waals surface area contributed by atoms with Gasteiger partial charge in [0.05, 0.1) is 6.54 Å². The summed E-state index contributed by atoms with van der Waals surface area (Å²) < 4.78 is 0. The van der Waals surface area contributed by atoms with E-state index >= 15 is 0 Å². The van der Waals surface area contributed by atoms with Crippen molar-refractivity contribution in [1.29, 1.82) is 0 Å². The first kappa shape index (κ1) is 16.5. The largest absolute Gasteiger partial charge is 0.353 e. The molecule has 2 atom stereocenters. The van der Waals surface area contributed by atoms with E-state index in [0.717, 1.165) is 48.9 Å². The van der Waals surface area contributed by atoms with E-state index in [2.05, 4.69) is 34.3 Å². The van der Waals surface area contributed by atoms with Crippen molar-refractivity contribution in [2.75, 3.05) is 13.1 Å². The van der Waals surface area contributed by atoms with Gasteiger partial charge < -0.3 is 5.32 Å². The smallest absolute Gasteiger partial charge is 0.223 e. The van der Waals surface area contributed by atoms with Gasteiger partial charge in [-0.05, 0) is 49.9 Å². The fraction of sp³-hybridized carbons (Fsp3) is 0.833. The summed E-state index contributed by atoms with van der Waals surface area (Å²) in [7, 11) is 0. The van der Waals surface area contributed by atoms with E-state index in [-0.39, 0.29) is 5.41 Å². The number of aromatic nitrogens is 2. The highest BCUT2D eigenvalue weighted by Crippen LogP contribution is 2.70. The average Bonchev–Trinajstić information content (AvgIpc) is 3.38. The molecule has 6 heteroatoms. The number of nitrogens with one attached hydrogen (secondary N) is 1. The SMILES string of the molecule is Cc1nnc(CN2CCC(NC(=O)C3CC34CC4)CC(C)(C)C2)s1. The number of likely N-dealkylation sites (tertiary alicyclic amines) is 1. The Labute approximate surface area is 148 Å². The highest BCUT2D eigenvalue weighted by molar-refractivity contribution is 7.11. The van der Waals surface area contributed by atoms with Crippen LogP contribution in [0.4, 0.5) is 0 Å². The van der Waals surface area contributed by atoms with Crippen LogP contribution in [0.2, 0.25) is 0 Å². The molecule has 5 nitrogen and oxygen atoms in total. The van der Waals surface area contributed by atoms with Crippen LogP contribution in [0.3, 0.4) is 0 Å². The fourth-order valence-electron chi connectivity index (χ4n) is 4.44. The normalized spacial score (nSPS) is 30.8. The molecule has 2 saturated carbocycles. The number of carbonyl (C=O) groups is 1. The van der Waals surface area contributed by atoms with E-state index in [1.807, 2.05) is 6.92 Å². The Hall–Kier alpha value is -1.01. The van der Waals surface area contributed by atoms with Gasteiger partial charge in [0.2, 0.25) is 5.91 Å². The molecule has 4 rings (SSSR count). The lowest BCUT2D eigenvalue weighted by atomic mass is 9.85. The Bertz CT molecular complexity index is 637. The number of aryl methyl sites for hydroxylation is 1. The molecule has 1 aromatic heterocycles. The van der Waals surface area contributed by atoms with Crippen LogP contribution in [0.15, 0.2) is 0 Å². The van der Waals surface area contributed by atoms with Crippen LogP contribution in [0.1, 0.15) is 56.0 Å². The maximum atomic E-state index is 12.5. The highest BCUT2D eigenvalue weighted by atomic mass is 32.1. The first-order chi connectivity index (χ1) is 11.4. The molecule has 0 radical (unpaired) electrons. The average molecular weight is 349 g/mol. The van der Waals surface area contributed by atoms with Crippen molar-refractivity contribution >= 4 is 17.2 Å². The summed E-state index contributed by atoms with van der Waals surface area (Å²) in [5.74, 6) is 0.644. The van der Waals surface area contributed by atoms with Crippen molar-refractivity contribution in [3.05, 3.63) is 10.0 Å². The van der Waals surface area contributed by atoms with Gasteiger partial charge in [-0.3, -0.25) is 9.69 Å². The van der Waals surface area contributed by atoms with Crippen LogP contribution in [0.25, 0.3) is 0 Å². The Kier molecular flexibility index (Phi) is 3.95. The van der Waals surface area contributed by atoms with E-state index in [9.17, 15) is 4.79 Å². The van der Waals surface area contributed by atoms with Gasteiger partial charge in [-0.1, -0.05) is 13.8 Å². The number of hydrogen-bond donors (Lipinski definition) is 1. The van der Waals surface area contributed by atoms with Crippen molar-refractivity contribution in [1.82, 2.24) is 20.4 Å². The number of nitrogens with zero attached hydrogens (tertiary/aromatic N) is 3. The molecular weight excluding hydrogens is 320 g/mol. The predicted molar refractivity (Wildman–Crippen MR) is 94.6 cm³/mol. The van der Waals surface area contributed by atoms with E-state index in [1.54, 1.807) is 11.3 Å². The van der Waals surface area contributed by atoms with Crippen molar-refractivity contribution < 1.29 is 4.79 Å². The van der Waals surface area contributed by atoms with Crippen LogP contribution in [-0.2, 0) is 11.3 Å². The molecule has 2 unspecified atom stereocenters. The Morgan fingerprint density at radius 2 is 2.12 bits per heavy atom. The van der Waals surface area contributed by atoms with Crippen molar-refractivity contribution in [2.24, 2.45) is 16.7 Å². The summed E-state index contributed by atoms with van der Waals surface area (Å²) >= 11 is 1.69. The van der Waals surface area contributed by atoms with Crippen LogP contribution in [-0.4, -0.2) is 40.1 Å². The minimum absolute atomic E-state index is 0.203. The standard InChI is InChI=1S/C18H28N4OS/c1-12-20-21-15(24-12)10-22-7-4-13(8-17(2,3)11-22)19-16(23)14-9-18(14)5-6-18/h13-14H,4-11H2,1-3H3,(H,19,23). The molecule has 2 aliphatic carbocycles. The molecule has 1 amide bonds. The van der Waals surface area contributed by atoms with E-state index in [1.165, 1.54) is 12.8 Å². The second kappa shape index (κ2) is 5.77. The summed E-state index contributed by atoms with van der Waals surface area (Å²) in [5, 5.41) is 13.9. The minimum atomic E-state index is 0.203. The predicted octanol–water partition coefficient (Wildman–Crippen LogP) is 2.75.